The summed E-state index contributed by atoms with van der Waals surface area (Å²) in [5.41, 5.74) is 1.55. The van der Waals surface area contributed by atoms with E-state index in [0.29, 0.717) is 48.2 Å². The highest BCUT2D eigenvalue weighted by atomic mass is 16.6. The molecule has 11 nitrogen and oxygen atoms in total. The molecule has 0 spiro atoms. The molecule has 0 aromatic heterocycles. The van der Waals surface area contributed by atoms with Crippen molar-refractivity contribution in [2.45, 2.75) is 78.1 Å². The number of hydrogen-bond acceptors (Lipinski definition) is 11. The molecule has 5 rings (SSSR count). The molecule has 1 aliphatic rings. The summed E-state index contributed by atoms with van der Waals surface area (Å²) in [6, 6.07) is 20.2. The zero-order valence-electron chi connectivity index (χ0n) is 35.1. The van der Waals surface area contributed by atoms with Gasteiger partial charge >= 0.3 is 23.9 Å². The molecule has 0 aliphatic heterocycles. The molecule has 1 fully saturated rings. The van der Waals surface area contributed by atoms with Gasteiger partial charge in [-0.1, -0.05) is 57.4 Å². The number of fused-ring (bicyclic) bond motifs is 1. The Bertz CT molecular complexity index is 2140. The van der Waals surface area contributed by atoms with Crippen molar-refractivity contribution in [3.63, 3.8) is 0 Å². The van der Waals surface area contributed by atoms with Crippen LogP contribution in [0.3, 0.4) is 0 Å². The minimum atomic E-state index is -0.684. The van der Waals surface area contributed by atoms with E-state index in [-0.39, 0.29) is 28.8 Å². The molecule has 0 N–H and O–H groups in total. The van der Waals surface area contributed by atoms with E-state index in [1.807, 2.05) is 24.3 Å². The Kier molecular flexibility index (Phi) is 17.2. The van der Waals surface area contributed by atoms with Gasteiger partial charge in [-0.25, -0.2) is 19.2 Å². The van der Waals surface area contributed by atoms with E-state index in [9.17, 15) is 19.2 Å². The molecule has 0 bridgehead atoms. The molecule has 0 radical (unpaired) electrons. The zero-order chi connectivity index (χ0) is 42.9. The smallest absolute Gasteiger partial charge is 0.343 e. The van der Waals surface area contributed by atoms with Gasteiger partial charge in [0.1, 0.15) is 5.75 Å². The standard InChI is InChI=1S/C49H56O11/c1-6-11-34-12-14-36(15-13-34)32-58-46(50)25-17-35-16-23-42(44(28-35)54-4)59-49(53)40-21-24-43(45(31-40)55-5)60-48(52)39-19-18-38-30-41(22-20-37(38)29-39)56-26-9-7-8-10-27-57-47(51)33(2)3/h16-25,28-31,34,36H,2,6-15,26-27,32H2,1,3-5H3/b25-17+. The lowest BCUT2D eigenvalue weighted by molar-refractivity contribution is -0.140. The SMILES string of the molecule is C=C(C)C(=O)OCCCCCCOc1ccc2cc(C(=O)Oc3ccc(C(=O)Oc4ccc(/C=C/C(=O)OCC5CCC(CCC)CC5)cc4OC)cc3OC)ccc2c1. The highest BCUT2D eigenvalue weighted by molar-refractivity contribution is 5.97. The van der Waals surface area contributed by atoms with Crippen LogP contribution in [0.1, 0.15) is 104 Å². The van der Waals surface area contributed by atoms with Crippen molar-refractivity contribution >= 4 is 40.7 Å². The molecule has 0 amide bonds. The largest absolute Gasteiger partial charge is 0.494 e. The molecule has 0 heterocycles. The maximum atomic E-state index is 13.2. The average molecular weight is 821 g/mol. The van der Waals surface area contributed by atoms with Crippen LogP contribution in [0.5, 0.6) is 28.7 Å². The maximum Gasteiger partial charge on any atom is 0.343 e. The topological polar surface area (TPSA) is 133 Å². The number of ether oxygens (including phenoxy) is 7. The van der Waals surface area contributed by atoms with Crippen molar-refractivity contribution in [3.8, 4) is 28.7 Å². The summed E-state index contributed by atoms with van der Waals surface area (Å²) in [5, 5.41) is 1.73. The van der Waals surface area contributed by atoms with Gasteiger partial charge in [-0.2, -0.15) is 0 Å². The van der Waals surface area contributed by atoms with Crippen molar-refractivity contribution in [2.24, 2.45) is 11.8 Å². The average Bonchev–Trinajstić information content (AvgIpc) is 3.26. The third-order valence-electron chi connectivity index (χ3n) is 10.5. The van der Waals surface area contributed by atoms with Gasteiger partial charge in [0.05, 0.1) is 45.2 Å². The normalized spacial score (nSPS) is 14.9. The monoisotopic (exact) mass is 820 g/mol. The van der Waals surface area contributed by atoms with Crippen molar-refractivity contribution in [1.82, 2.24) is 0 Å². The summed E-state index contributed by atoms with van der Waals surface area (Å²) >= 11 is 0. The van der Waals surface area contributed by atoms with Crippen molar-refractivity contribution in [1.29, 1.82) is 0 Å². The summed E-state index contributed by atoms with van der Waals surface area (Å²) in [7, 11) is 2.87. The van der Waals surface area contributed by atoms with Gasteiger partial charge in [-0.15, -0.1) is 0 Å². The Morgan fingerprint density at radius 1 is 0.667 bits per heavy atom. The number of carbonyl (C=O) groups is 4. The van der Waals surface area contributed by atoms with Crippen LogP contribution >= 0.6 is 0 Å². The van der Waals surface area contributed by atoms with Crippen LogP contribution in [-0.2, 0) is 19.1 Å². The first-order valence-corrected chi connectivity index (χ1v) is 20.7. The lowest BCUT2D eigenvalue weighted by Crippen LogP contribution is -2.20. The van der Waals surface area contributed by atoms with E-state index < -0.39 is 17.9 Å². The fourth-order valence-corrected chi connectivity index (χ4v) is 7.05. The number of benzene rings is 4. The molecule has 4 aromatic rings. The fraction of sp³-hybridized carbons (Fsp3) is 0.388. The lowest BCUT2D eigenvalue weighted by atomic mass is 9.80. The highest BCUT2D eigenvalue weighted by Gasteiger charge is 2.22. The van der Waals surface area contributed by atoms with E-state index >= 15 is 0 Å². The number of esters is 4. The quantitative estimate of drug-likeness (QED) is 0.0344. The summed E-state index contributed by atoms with van der Waals surface area (Å²) in [5.74, 6) is 0.656. The molecule has 0 saturated heterocycles. The second-order valence-electron chi connectivity index (χ2n) is 15.1. The minimum absolute atomic E-state index is 0.127. The molecule has 0 atom stereocenters. The third-order valence-corrected chi connectivity index (χ3v) is 10.5. The molecular formula is C49H56O11. The Morgan fingerprint density at radius 2 is 1.27 bits per heavy atom. The van der Waals surface area contributed by atoms with Gasteiger partial charge in [0, 0.05) is 11.6 Å². The van der Waals surface area contributed by atoms with Crippen molar-refractivity contribution < 1.29 is 52.3 Å². The van der Waals surface area contributed by atoms with Gasteiger partial charge in [0.15, 0.2) is 23.0 Å². The van der Waals surface area contributed by atoms with E-state index in [1.54, 1.807) is 43.3 Å². The van der Waals surface area contributed by atoms with Gasteiger partial charge in [-0.05, 0) is 134 Å². The molecule has 4 aromatic carbocycles. The zero-order valence-corrected chi connectivity index (χ0v) is 35.1. The van der Waals surface area contributed by atoms with E-state index in [2.05, 4.69) is 13.5 Å². The van der Waals surface area contributed by atoms with Crippen LogP contribution in [0.4, 0.5) is 0 Å². The van der Waals surface area contributed by atoms with Gasteiger partial charge in [0.25, 0.3) is 0 Å². The van der Waals surface area contributed by atoms with E-state index in [1.165, 1.54) is 64.2 Å². The Labute approximate surface area is 352 Å². The number of carbonyl (C=O) groups excluding carboxylic acids is 4. The highest BCUT2D eigenvalue weighted by Crippen LogP contribution is 2.34. The fourth-order valence-electron chi connectivity index (χ4n) is 7.05. The first-order valence-electron chi connectivity index (χ1n) is 20.7. The van der Waals surface area contributed by atoms with Crippen LogP contribution in [0, 0.1) is 11.8 Å². The summed E-state index contributed by atoms with van der Waals surface area (Å²) in [6.45, 7) is 8.80. The second-order valence-corrected chi connectivity index (χ2v) is 15.1. The number of unbranched alkanes of at least 4 members (excludes halogenated alkanes) is 3. The molecular weight excluding hydrogens is 765 g/mol. The molecule has 318 valence electrons. The van der Waals surface area contributed by atoms with E-state index in [4.69, 9.17) is 33.2 Å². The molecule has 0 unspecified atom stereocenters. The van der Waals surface area contributed by atoms with E-state index in [0.717, 1.165) is 61.0 Å². The van der Waals surface area contributed by atoms with Crippen LogP contribution in [0.25, 0.3) is 16.8 Å². The van der Waals surface area contributed by atoms with Gasteiger partial charge < -0.3 is 33.2 Å². The number of rotatable bonds is 21. The minimum Gasteiger partial charge on any atom is -0.494 e. The first-order chi connectivity index (χ1) is 29.1. The van der Waals surface area contributed by atoms with Gasteiger partial charge in [-0.3, -0.25) is 0 Å². The van der Waals surface area contributed by atoms with Crippen molar-refractivity contribution in [2.75, 3.05) is 34.0 Å². The lowest BCUT2D eigenvalue weighted by Gasteiger charge is -2.27. The number of hydrogen-bond donors (Lipinski definition) is 0. The predicted octanol–water partition coefficient (Wildman–Crippen LogP) is 10.5. The second kappa shape index (κ2) is 22.9. The molecule has 11 heteroatoms. The van der Waals surface area contributed by atoms with Gasteiger partial charge in [0.2, 0.25) is 0 Å². The summed E-state index contributed by atoms with van der Waals surface area (Å²) in [4.78, 5) is 50.3. The third kappa shape index (κ3) is 13.5. The summed E-state index contributed by atoms with van der Waals surface area (Å²) < 4.78 is 38.9. The Balaban J connectivity index is 1.10. The predicted molar refractivity (Wildman–Crippen MR) is 230 cm³/mol. The van der Waals surface area contributed by atoms with Crippen LogP contribution in [0.15, 0.2) is 91.0 Å². The summed E-state index contributed by atoms with van der Waals surface area (Å²) in [6.07, 6.45) is 13.6. The first kappa shape index (κ1) is 45.0. The Morgan fingerprint density at radius 3 is 1.95 bits per heavy atom. The molecule has 60 heavy (non-hydrogen) atoms. The Hall–Kier alpha value is -6.10. The number of methoxy groups -OCH3 is 2. The maximum absolute atomic E-state index is 13.2. The molecule has 1 aliphatic carbocycles. The van der Waals surface area contributed by atoms with Crippen molar-refractivity contribution in [3.05, 3.63) is 108 Å². The van der Waals surface area contributed by atoms with Crippen LogP contribution in [0.2, 0.25) is 0 Å². The van der Waals surface area contributed by atoms with Crippen LogP contribution < -0.4 is 23.7 Å². The van der Waals surface area contributed by atoms with Crippen LogP contribution in [-0.4, -0.2) is 57.9 Å². The molecule has 1 saturated carbocycles.